The van der Waals surface area contributed by atoms with Crippen LogP contribution in [0, 0.1) is 0 Å². The molecule has 0 unspecified atom stereocenters. The van der Waals surface area contributed by atoms with Crippen molar-refractivity contribution in [3.8, 4) is 0 Å². The summed E-state index contributed by atoms with van der Waals surface area (Å²) in [6, 6.07) is 29.8. The SMILES string of the molecule is CC(=O)OC[C@H]1O[C@H](Br)[C@H](OCc2ccccc2)[C@@H](OCc2ccccc2)[C@@H]1OCc1ccccc1. The van der Waals surface area contributed by atoms with Crippen molar-refractivity contribution in [3.63, 3.8) is 0 Å². The first-order chi connectivity index (χ1) is 17.6. The predicted octanol–water partition coefficient (Wildman–Crippen LogP) is 5.43. The summed E-state index contributed by atoms with van der Waals surface area (Å²) >= 11 is 3.64. The van der Waals surface area contributed by atoms with Crippen LogP contribution in [0.5, 0.6) is 0 Å². The van der Waals surface area contributed by atoms with Crippen molar-refractivity contribution in [2.75, 3.05) is 6.61 Å². The van der Waals surface area contributed by atoms with Crippen molar-refractivity contribution in [1.29, 1.82) is 0 Å². The van der Waals surface area contributed by atoms with Crippen LogP contribution >= 0.6 is 15.9 Å². The fourth-order valence-electron chi connectivity index (χ4n) is 4.07. The molecular weight excluding hydrogens is 524 g/mol. The Hall–Kier alpha value is -2.55. The van der Waals surface area contributed by atoms with Gasteiger partial charge in [-0.3, -0.25) is 4.79 Å². The van der Waals surface area contributed by atoms with E-state index in [1.807, 2.05) is 91.0 Å². The van der Waals surface area contributed by atoms with E-state index in [0.29, 0.717) is 19.8 Å². The molecule has 1 fully saturated rings. The molecule has 5 atom stereocenters. The second kappa shape index (κ2) is 13.7. The van der Waals surface area contributed by atoms with Gasteiger partial charge < -0.3 is 23.7 Å². The Kier molecular flexibility index (Phi) is 10.1. The van der Waals surface area contributed by atoms with Gasteiger partial charge in [0, 0.05) is 6.92 Å². The molecule has 0 aliphatic carbocycles. The Labute approximate surface area is 220 Å². The predicted molar refractivity (Wildman–Crippen MR) is 139 cm³/mol. The van der Waals surface area contributed by atoms with Gasteiger partial charge in [-0.2, -0.15) is 0 Å². The summed E-state index contributed by atoms with van der Waals surface area (Å²) in [4.78, 5) is 11.6. The number of rotatable bonds is 11. The van der Waals surface area contributed by atoms with Crippen LogP contribution in [0.25, 0.3) is 0 Å². The lowest BCUT2D eigenvalue weighted by molar-refractivity contribution is -0.251. The van der Waals surface area contributed by atoms with Gasteiger partial charge in [-0.25, -0.2) is 0 Å². The molecule has 0 spiro atoms. The van der Waals surface area contributed by atoms with E-state index in [-0.39, 0.29) is 12.6 Å². The zero-order valence-electron chi connectivity index (χ0n) is 20.2. The quantitative estimate of drug-likeness (QED) is 0.233. The molecule has 3 aromatic rings. The van der Waals surface area contributed by atoms with Crippen molar-refractivity contribution in [1.82, 2.24) is 0 Å². The van der Waals surface area contributed by atoms with Gasteiger partial charge in [0.1, 0.15) is 36.0 Å². The first-order valence-corrected chi connectivity index (χ1v) is 12.9. The molecule has 0 saturated carbocycles. The standard InChI is InChI=1S/C29H31BrO6/c1-21(31)32-20-25-26(33-17-22-11-5-2-6-12-22)27(34-18-23-13-7-3-8-14-23)28(29(30)36-25)35-19-24-15-9-4-10-16-24/h2-16,25-29H,17-20H2,1H3/t25-,26-,27+,28-,29+/m1/s1. The number of hydrogen-bond acceptors (Lipinski definition) is 6. The van der Waals surface area contributed by atoms with E-state index in [1.165, 1.54) is 6.92 Å². The minimum atomic E-state index is -0.542. The molecule has 1 aliphatic rings. The van der Waals surface area contributed by atoms with Crippen molar-refractivity contribution >= 4 is 21.9 Å². The van der Waals surface area contributed by atoms with Crippen LogP contribution in [-0.4, -0.2) is 42.0 Å². The van der Waals surface area contributed by atoms with Crippen LogP contribution < -0.4 is 0 Å². The summed E-state index contributed by atoms with van der Waals surface area (Å²) < 4.78 is 30.8. The summed E-state index contributed by atoms with van der Waals surface area (Å²) in [6.07, 6.45) is -2.04. The molecule has 190 valence electrons. The highest BCUT2D eigenvalue weighted by molar-refractivity contribution is 9.09. The monoisotopic (exact) mass is 554 g/mol. The number of esters is 1. The number of benzene rings is 3. The van der Waals surface area contributed by atoms with Gasteiger partial charge in [0.25, 0.3) is 0 Å². The third-order valence-electron chi connectivity index (χ3n) is 5.88. The third kappa shape index (κ3) is 7.72. The van der Waals surface area contributed by atoms with E-state index >= 15 is 0 Å². The molecule has 7 heteroatoms. The molecular formula is C29H31BrO6. The average Bonchev–Trinajstić information content (AvgIpc) is 2.91. The molecule has 0 bridgehead atoms. The van der Waals surface area contributed by atoms with Crippen LogP contribution in [0.1, 0.15) is 23.6 Å². The van der Waals surface area contributed by atoms with Gasteiger partial charge in [0.15, 0.2) is 0 Å². The lowest BCUT2D eigenvalue weighted by Crippen LogP contribution is -2.59. The number of carbonyl (C=O) groups excluding carboxylic acids is 1. The first kappa shape index (κ1) is 26.5. The van der Waals surface area contributed by atoms with E-state index < -0.39 is 29.4 Å². The van der Waals surface area contributed by atoms with Gasteiger partial charge in [0.05, 0.1) is 19.8 Å². The molecule has 1 heterocycles. The molecule has 0 aromatic heterocycles. The Morgan fingerprint density at radius 3 is 1.56 bits per heavy atom. The normalized spacial score (nSPS) is 23.8. The molecule has 1 saturated heterocycles. The molecule has 3 aromatic carbocycles. The number of ether oxygens (including phenoxy) is 5. The van der Waals surface area contributed by atoms with E-state index in [1.54, 1.807) is 0 Å². The number of alkyl halides is 1. The fraction of sp³-hybridized carbons (Fsp3) is 0.345. The van der Waals surface area contributed by atoms with E-state index in [9.17, 15) is 4.79 Å². The highest BCUT2D eigenvalue weighted by atomic mass is 79.9. The zero-order chi connectivity index (χ0) is 25.2. The van der Waals surface area contributed by atoms with Crippen LogP contribution in [0.15, 0.2) is 91.0 Å². The highest BCUT2D eigenvalue weighted by Crippen LogP contribution is 2.33. The Bertz CT molecular complexity index is 1050. The first-order valence-electron chi connectivity index (χ1n) is 12.0. The minimum Gasteiger partial charge on any atom is -0.463 e. The highest BCUT2D eigenvalue weighted by Gasteiger charge is 2.48. The van der Waals surface area contributed by atoms with Crippen LogP contribution in [-0.2, 0) is 48.3 Å². The van der Waals surface area contributed by atoms with Crippen LogP contribution in [0.3, 0.4) is 0 Å². The topological polar surface area (TPSA) is 63.2 Å². The summed E-state index contributed by atoms with van der Waals surface area (Å²) in [5.41, 5.74) is 3.10. The van der Waals surface area contributed by atoms with Crippen LogP contribution in [0.4, 0.5) is 0 Å². The molecule has 0 amide bonds. The smallest absolute Gasteiger partial charge is 0.302 e. The van der Waals surface area contributed by atoms with Crippen molar-refractivity contribution < 1.29 is 28.5 Å². The maximum Gasteiger partial charge on any atom is 0.302 e. The maximum atomic E-state index is 11.6. The average molecular weight is 555 g/mol. The summed E-state index contributed by atoms with van der Waals surface area (Å²) in [5.74, 6) is -0.379. The van der Waals surface area contributed by atoms with E-state index in [2.05, 4.69) is 15.9 Å². The zero-order valence-corrected chi connectivity index (χ0v) is 21.8. The second-order valence-electron chi connectivity index (χ2n) is 8.61. The van der Waals surface area contributed by atoms with Gasteiger partial charge in [-0.05, 0) is 16.7 Å². The Morgan fingerprint density at radius 2 is 1.11 bits per heavy atom. The van der Waals surface area contributed by atoms with Crippen molar-refractivity contribution in [3.05, 3.63) is 108 Å². The maximum absolute atomic E-state index is 11.6. The van der Waals surface area contributed by atoms with Crippen molar-refractivity contribution in [2.24, 2.45) is 0 Å². The number of halogens is 1. The molecule has 36 heavy (non-hydrogen) atoms. The molecule has 1 aliphatic heterocycles. The molecule has 0 radical (unpaired) electrons. The number of hydrogen-bond donors (Lipinski definition) is 0. The lowest BCUT2D eigenvalue weighted by atomic mass is 9.99. The van der Waals surface area contributed by atoms with Gasteiger partial charge in [0.2, 0.25) is 0 Å². The van der Waals surface area contributed by atoms with Gasteiger partial charge in [-0.1, -0.05) is 107 Å². The molecule has 4 rings (SSSR count). The Balaban J connectivity index is 1.57. The third-order valence-corrected chi connectivity index (χ3v) is 6.62. The van der Waals surface area contributed by atoms with E-state index in [0.717, 1.165) is 16.7 Å². The summed E-state index contributed by atoms with van der Waals surface area (Å²) in [5, 5.41) is -0.487. The summed E-state index contributed by atoms with van der Waals surface area (Å²) in [6.45, 7) is 2.55. The largest absolute Gasteiger partial charge is 0.463 e. The van der Waals surface area contributed by atoms with Gasteiger partial charge in [-0.15, -0.1) is 0 Å². The molecule has 6 nitrogen and oxygen atoms in total. The number of carbonyl (C=O) groups is 1. The Morgan fingerprint density at radius 1 is 0.694 bits per heavy atom. The van der Waals surface area contributed by atoms with E-state index in [4.69, 9.17) is 23.7 Å². The fourth-order valence-corrected chi connectivity index (χ4v) is 4.80. The minimum absolute atomic E-state index is 0.0491. The van der Waals surface area contributed by atoms with Gasteiger partial charge >= 0.3 is 5.97 Å². The van der Waals surface area contributed by atoms with Crippen LogP contribution in [0.2, 0.25) is 0 Å². The lowest BCUT2D eigenvalue weighted by Gasteiger charge is -2.44. The second-order valence-corrected chi connectivity index (χ2v) is 9.51. The summed E-state index contributed by atoms with van der Waals surface area (Å²) in [7, 11) is 0. The van der Waals surface area contributed by atoms with Crippen molar-refractivity contribution in [2.45, 2.75) is 56.2 Å². The molecule has 0 N–H and O–H groups in total.